The molecule has 1 heterocycles. The minimum atomic E-state index is -3.93. The summed E-state index contributed by atoms with van der Waals surface area (Å²) in [7, 11) is -4.86. The molecule has 1 aliphatic heterocycles. The lowest BCUT2D eigenvalue weighted by molar-refractivity contribution is 0.0387. The summed E-state index contributed by atoms with van der Waals surface area (Å²) in [5.74, 6) is -0.0827. The Morgan fingerprint density at radius 2 is 1.71 bits per heavy atom. The molecule has 226 valence electrons. The zero-order valence-corrected chi connectivity index (χ0v) is 25.4. The highest BCUT2D eigenvalue weighted by Crippen LogP contribution is 2.32. The van der Waals surface area contributed by atoms with Crippen LogP contribution in [0.5, 0.6) is 11.5 Å². The number of hydrogen-bond acceptors (Lipinski definition) is 8. The smallest absolute Gasteiger partial charge is 0.261 e. The van der Waals surface area contributed by atoms with Gasteiger partial charge in [0.1, 0.15) is 17.6 Å². The summed E-state index contributed by atoms with van der Waals surface area (Å²) in [5.41, 5.74) is 0.233. The van der Waals surface area contributed by atoms with E-state index in [-0.39, 0.29) is 52.4 Å². The van der Waals surface area contributed by atoms with Gasteiger partial charge in [0, 0.05) is 25.2 Å². The van der Waals surface area contributed by atoms with Gasteiger partial charge in [0.05, 0.1) is 41.7 Å². The maximum atomic E-state index is 13.7. The number of methoxy groups -OCH3 is 1. The predicted octanol–water partition coefficient (Wildman–Crippen LogP) is 3.04. The Bertz CT molecular complexity index is 1610. The normalized spacial score (nSPS) is 18.4. The first-order valence-corrected chi connectivity index (χ1v) is 16.2. The van der Waals surface area contributed by atoms with Crippen molar-refractivity contribution in [3.05, 3.63) is 78.4 Å². The molecule has 3 aromatic carbocycles. The first-order valence-electron chi connectivity index (χ1n) is 13.3. The topological polar surface area (TPSA) is 143 Å². The maximum absolute atomic E-state index is 13.7. The number of likely N-dealkylation sites (N-methyl/N-ethyl adjacent to an activating group) is 1. The third-order valence-electron chi connectivity index (χ3n) is 7.18. The summed E-state index contributed by atoms with van der Waals surface area (Å²) in [5, 5.41) is 9.90. The van der Waals surface area contributed by atoms with Crippen LogP contribution in [0.3, 0.4) is 0 Å². The van der Waals surface area contributed by atoms with Gasteiger partial charge in [-0.3, -0.25) is 9.52 Å². The van der Waals surface area contributed by atoms with E-state index in [1.165, 1.54) is 65.8 Å². The minimum absolute atomic E-state index is 0.0348. The second-order valence-corrected chi connectivity index (χ2v) is 13.9. The number of fused-ring (bicyclic) bond motifs is 1. The SMILES string of the molecule is COc1ccc(S(=O)(=O)N(C)C[C@H]2Oc3ccc(NS(=O)(=O)c4ccccc4)cc3C(=O)N([C@@H](C)CO)C[C@H]2C)cc1. The molecule has 0 bridgehead atoms. The van der Waals surface area contributed by atoms with Gasteiger partial charge in [0.25, 0.3) is 15.9 Å². The second kappa shape index (κ2) is 12.7. The van der Waals surface area contributed by atoms with Crippen LogP contribution in [-0.4, -0.2) is 83.1 Å². The summed E-state index contributed by atoms with van der Waals surface area (Å²) in [4.78, 5) is 15.3. The van der Waals surface area contributed by atoms with Crippen molar-refractivity contribution in [2.24, 2.45) is 5.92 Å². The van der Waals surface area contributed by atoms with Crippen LogP contribution in [0.4, 0.5) is 5.69 Å². The molecule has 0 aromatic heterocycles. The number of amides is 1. The van der Waals surface area contributed by atoms with Crippen molar-refractivity contribution in [1.82, 2.24) is 9.21 Å². The van der Waals surface area contributed by atoms with Gasteiger partial charge >= 0.3 is 0 Å². The van der Waals surface area contributed by atoms with Gasteiger partial charge < -0.3 is 19.5 Å². The molecule has 2 N–H and O–H groups in total. The number of anilines is 1. The summed E-state index contributed by atoms with van der Waals surface area (Å²) < 4.78 is 67.6. The molecule has 0 spiro atoms. The van der Waals surface area contributed by atoms with Crippen molar-refractivity contribution in [2.75, 3.05) is 38.6 Å². The van der Waals surface area contributed by atoms with Gasteiger partial charge in [-0.15, -0.1) is 0 Å². The molecule has 0 aliphatic carbocycles. The van der Waals surface area contributed by atoms with Crippen LogP contribution in [0.1, 0.15) is 24.2 Å². The molecule has 0 fully saturated rings. The third kappa shape index (κ3) is 6.70. The van der Waals surface area contributed by atoms with Crippen LogP contribution < -0.4 is 14.2 Å². The van der Waals surface area contributed by atoms with E-state index in [9.17, 15) is 26.7 Å². The summed E-state index contributed by atoms with van der Waals surface area (Å²) in [6.45, 7) is 3.37. The average molecular weight is 618 g/mol. The third-order valence-corrected chi connectivity index (χ3v) is 10.4. The fraction of sp³-hybridized carbons (Fsp3) is 0.345. The highest BCUT2D eigenvalue weighted by atomic mass is 32.2. The van der Waals surface area contributed by atoms with Crippen LogP contribution in [0, 0.1) is 5.92 Å². The number of hydrogen-bond donors (Lipinski definition) is 2. The maximum Gasteiger partial charge on any atom is 0.261 e. The largest absolute Gasteiger partial charge is 0.497 e. The van der Waals surface area contributed by atoms with E-state index in [0.717, 1.165) is 0 Å². The zero-order chi connectivity index (χ0) is 30.7. The molecule has 1 aliphatic rings. The van der Waals surface area contributed by atoms with E-state index < -0.39 is 38.1 Å². The monoisotopic (exact) mass is 617 g/mol. The lowest BCUT2D eigenvalue weighted by Crippen LogP contribution is -2.50. The van der Waals surface area contributed by atoms with Gasteiger partial charge in [0.15, 0.2) is 0 Å². The van der Waals surface area contributed by atoms with Crippen molar-refractivity contribution < 1.29 is 36.2 Å². The Hall–Kier alpha value is -3.65. The molecular formula is C29H35N3O8S2. The van der Waals surface area contributed by atoms with Crippen LogP contribution in [-0.2, 0) is 20.0 Å². The second-order valence-electron chi connectivity index (χ2n) is 10.2. The van der Waals surface area contributed by atoms with Gasteiger partial charge in [0.2, 0.25) is 10.0 Å². The van der Waals surface area contributed by atoms with E-state index >= 15 is 0 Å². The molecule has 3 atom stereocenters. The first-order chi connectivity index (χ1) is 19.9. The summed E-state index contributed by atoms with van der Waals surface area (Å²) >= 11 is 0. The Morgan fingerprint density at radius 1 is 1.05 bits per heavy atom. The van der Waals surface area contributed by atoms with Gasteiger partial charge in [-0.25, -0.2) is 16.8 Å². The van der Waals surface area contributed by atoms with Crippen molar-refractivity contribution in [2.45, 2.75) is 35.8 Å². The van der Waals surface area contributed by atoms with E-state index in [0.29, 0.717) is 5.75 Å². The van der Waals surface area contributed by atoms with Gasteiger partial charge in [-0.05, 0) is 61.5 Å². The first kappa shape index (κ1) is 31.3. The van der Waals surface area contributed by atoms with Crippen LogP contribution in [0.2, 0.25) is 0 Å². The number of nitrogens with zero attached hydrogens (tertiary/aromatic N) is 2. The van der Waals surface area contributed by atoms with Crippen LogP contribution >= 0.6 is 0 Å². The van der Waals surface area contributed by atoms with Crippen LogP contribution in [0.25, 0.3) is 0 Å². The molecule has 3 aromatic rings. The molecule has 1 amide bonds. The van der Waals surface area contributed by atoms with Crippen molar-refractivity contribution in [1.29, 1.82) is 0 Å². The number of sulfonamides is 2. The molecule has 0 radical (unpaired) electrons. The molecule has 0 saturated heterocycles. The Balaban J connectivity index is 1.67. The highest BCUT2D eigenvalue weighted by Gasteiger charge is 2.35. The van der Waals surface area contributed by atoms with Gasteiger partial charge in [-0.1, -0.05) is 25.1 Å². The van der Waals surface area contributed by atoms with E-state index in [2.05, 4.69) is 4.72 Å². The number of nitrogens with one attached hydrogen (secondary N) is 1. The lowest BCUT2D eigenvalue weighted by atomic mass is 9.99. The van der Waals surface area contributed by atoms with Crippen molar-refractivity contribution >= 4 is 31.6 Å². The standard InChI is InChI=1S/C29H35N3O8S2/c1-20-17-32(21(2)19-33)29(34)26-16-22(30-41(35,36)24-8-6-5-7-9-24)10-15-27(26)40-28(20)18-31(3)42(37,38)25-13-11-23(39-4)12-14-25/h5-16,20-21,28,30,33H,17-19H2,1-4H3/t20-,21+,28-/m1/s1. The predicted molar refractivity (Wildman–Crippen MR) is 158 cm³/mol. The van der Waals surface area contributed by atoms with E-state index in [4.69, 9.17) is 9.47 Å². The fourth-order valence-corrected chi connectivity index (χ4v) is 6.85. The lowest BCUT2D eigenvalue weighted by Gasteiger charge is -2.38. The van der Waals surface area contributed by atoms with E-state index in [1.807, 2.05) is 6.92 Å². The Morgan fingerprint density at radius 3 is 2.33 bits per heavy atom. The molecule has 0 unspecified atom stereocenters. The zero-order valence-electron chi connectivity index (χ0n) is 23.8. The number of carbonyl (C=O) groups excluding carboxylic acids is 1. The van der Waals surface area contributed by atoms with Crippen molar-refractivity contribution in [3.63, 3.8) is 0 Å². The molecule has 4 rings (SSSR count). The molecular weight excluding hydrogens is 582 g/mol. The molecule has 13 heteroatoms. The fourth-order valence-electron chi connectivity index (χ4n) is 4.60. The van der Waals surface area contributed by atoms with E-state index in [1.54, 1.807) is 37.3 Å². The minimum Gasteiger partial charge on any atom is -0.497 e. The summed E-state index contributed by atoms with van der Waals surface area (Å²) in [6.07, 6.45) is -0.685. The average Bonchev–Trinajstić information content (AvgIpc) is 2.99. The molecule has 42 heavy (non-hydrogen) atoms. The quantitative estimate of drug-likeness (QED) is 0.354. The number of carbonyl (C=O) groups is 1. The molecule has 11 nitrogen and oxygen atoms in total. The van der Waals surface area contributed by atoms with Crippen molar-refractivity contribution in [3.8, 4) is 11.5 Å². The summed E-state index contributed by atoms with van der Waals surface area (Å²) in [6, 6.07) is 17.7. The highest BCUT2D eigenvalue weighted by molar-refractivity contribution is 7.92. The Kier molecular flexibility index (Phi) is 9.46. The van der Waals surface area contributed by atoms with Crippen LogP contribution in [0.15, 0.2) is 82.6 Å². The number of rotatable bonds is 10. The van der Waals surface area contributed by atoms with Gasteiger partial charge in [-0.2, -0.15) is 4.31 Å². The number of aliphatic hydroxyl groups excluding tert-OH is 1. The Labute approximate surface area is 246 Å². The number of aliphatic hydroxyl groups is 1. The molecule has 0 saturated carbocycles. The number of ether oxygens (including phenoxy) is 2. The number of benzene rings is 3.